The predicted molar refractivity (Wildman–Crippen MR) is 87.6 cm³/mol. The number of hydrogen-bond acceptors (Lipinski definition) is 4. The molecule has 0 spiro atoms. The number of H-pyrrole nitrogens is 1. The summed E-state index contributed by atoms with van der Waals surface area (Å²) >= 11 is 0. The van der Waals surface area contributed by atoms with Gasteiger partial charge >= 0.3 is 0 Å². The van der Waals surface area contributed by atoms with Crippen LogP contribution >= 0.6 is 0 Å². The van der Waals surface area contributed by atoms with Gasteiger partial charge in [-0.3, -0.25) is 9.78 Å². The van der Waals surface area contributed by atoms with Crippen molar-refractivity contribution in [3.63, 3.8) is 0 Å². The number of aryl methyl sites for hydroxylation is 1. The molecule has 0 radical (unpaired) electrons. The first kappa shape index (κ1) is 15.6. The van der Waals surface area contributed by atoms with Gasteiger partial charge in [0.2, 0.25) is 5.91 Å². The van der Waals surface area contributed by atoms with E-state index in [9.17, 15) is 4.79 Å². The van der Waals surface area contributed by atoms with Crippen molar-refractivity contribution in [2.45, 2.75) is 39.5 Å². The van der Waals surface area contributed by atoms with Crippen molar-refractivity contribution in [3.05, 3.63) is 30.0 Å². The third-order valence-corrected chi connectivity index (χ3v) is 4.30. The number of likely N-dealkylation sites (tertiary alicyclic amines) is 1. The normalized spacial score (nSPS) is 18.2. The molecule has 1 saturated heterocycles. The summed E-state index contributed by atoms with van der Waals surface area (Å²) in [5.74, 6) is 1.46. The van der Waals surface area contributed by atoms with Gasteiger partial charge in [-0.1, -0.05) is 6.92 Å². The molecule has 1 atom stereocenters. The van der Waals surface area contributed by atoms with E-state index < -0.39 is 0 Å². The Kier molecular flexibility index (Phi) is 4.69. The van der Waals surface area contributed by atoms with Gasteiger partial charge in [0, 0.05) is 37.6 Å². The van der Waals surface area contributed by atoms with Crippen LogP contribution in [-0.4, -0.2) is 43.8 Å². The minimum Gasteiger partial charge on any atom is -0.342 e. The van der Waals surface area contributed by atoms with Crippen LogP contribution in [0.2, 0.25) is 0 Å². The molecule has 0 unspecified atom stereocenters. The van der Waals surface area contributed by atoms with Gasteiger partial charge in [-0.05, 0) is 32.1 Å². The molecule has 0 aliphatic carbocycles. The monoisotopic (exact) mass is 313 g/mol. The molecule has 122 valence electrons. The van der Waals surface area contributed by atoms with E-state index in [-0.39, 0.29) is 5.91 Å². The van der Waals surface area contributed by atoms with E-state index in [4.69, 9.17) is 0 Å². The highest BCUT2D eigenvalue weighted by Crippen LogP contribution is 2.21. The molecule has 0 aromatic carbocycles. The van der Waals surface area contributed by atoms with Gasteiger partial charge in [0.25, 0.3) is 0 Å². The summed E-state index contributed by atoms with van der Waals surface area (Å²) in [7, 11) is 0. The highest BCUT2D eigenvalue weighted by molar-refractivity contribution is 5.75. The molecule has 6 nitrogen and oxygen atoms in total. The van der Waals surface area contributed by atoms with Crippen LogP contribution in [0, 0.1) is 12.8 Å². The van der Waals surface area contributed by atoms with Crippen molar-refractivity contribution in [1.82, 2.24) is 24.8 Å². The quantitative estimate of drug-likeness (QED) is 0.940. The number of hydrogen-bond donors (Lipinski definition) is 1. The van der Waals surface area contributed by atoms with Crippen molar-refractivity contribution in [2.75, 3.05) is 13.1 Å². The van der Waals surface area contributed by atoms with Crippen molar-refractivity contribution < 1.29 is 4.79 Å². The number of rotatable bonds is 4. The first-order valence-electron chi connectivity index (χ1n) is 8.26. The molecule has 1 amide bonds. The fourth-order valence-corrected chi connectivity index (χ4v) is 3.14. The third-order valence-electron chi connectivity index (χ3n) is 4.30. The molecule has 1 aliphatic heterocycles. The minimum atomic E-state index is 0.251. The zero-order valence-corrected chi connectivity index (χ0v) is 13.7. The summed E-state index contributed by atoms with van der Waals surface area (Å²) in [6.07, 6.45) is 8.99. The molecular weight excluding hydrogens is 290 g/mol. The Labute approximate surface area is 136 Å². The van der Waals surface area contributed by atoms with Gasteiger partial charge in [0.15, 0.2) is 5.82 Å². The number of imidazole rings is 1. The van der Waals surface area contributed by atoms with Crippen LogP contribution in [0.3, 0.4) is 0 Å². The Bertz CT molecular complexity index is 681. The summed E-state index contributed by atoms with van der Waals surface area (Å²) in [6, 6.07) is 0. The van der Waals surface area contributed by atoms with Gasteiger partial charge in [-0.15, -0.1) is 0 Å². The number of carbonyl (C=O) groups excluding carboxylic acids is 1. The number of nitrogens with zero attached hydrogens (tertiary/aromatic N) is 4. The van der Waals surface area contributed by atoms with Gasteiger partial charge in [-0.2, -0.15) is 0 Å². The Balaban J connectivity index is 1.69. The maximum absolute atomic E-state index is 11.9. The Hall–Kier alpha value is -2.24. The second-order valence-electron chi connectivity index (χ2n) is 6.22. The fraction of sp³-hybridized carbons (Fsp3) is 0.529. The third kappa shape index (κ3) is 3.75. The smallest absolute Gasteiger partial charge is 0.222 e. The van der Waals surface area contributed by atoms with E-state index in [2.05, 4.69) is 19.9 Å². The lowest BCUT2D eigenvalue weighted by Gasteiger charge is -2.32. The lowest BCUT2D eigenvalue weighted by atomic mass is 9.93. The maximum atomic E-state index is 11.9. The lowest BCUT2D eigenvalue weighted by Crippen LogP contribution is -2.40. The molecule has 0 bridgehead atoms. The molecule has 1 fully saturated rings. The average Bonchev–Trinajstić information content (AvgIpc) is 3.01. The van der Waals surface area contributed by atoms with E-state index in [1.54, 1.807) is 12.4 Å². The molecule has 2 aromatic rings. The van der Waals surface area contributed by atoms with Crippen LogP contribution in [0.25, 0.3) is 11.5 Å². The standard InChI is InChI=1S/C17H23N5O/c1-3-16(23)22-6-4-5-13(11-22)7-14-9-18-10-15(21-14)17-19-8-12(2)20-17/h8-10,13H,3-7,11H2,1-2H3,(H,19,20)/t13-/m0/s1. The molecule has 3 rings (SSSR count). The van der Waals surface area contributed by atoms with Crippen LogP contribution in [0.1, 0.15) is 37.6 Å². The van der Waals surface area contributed by atoms with Gasteiger partial charge in [-0.25, -0.2) is 9.97 Å². The van der Waals surface area contributed by atoms with E-state index in [0.717, 1.165) is 55.3 Å². The number of piperidine rings is 1. The van der Waals surface area contributed by atoms with E-state index >= 15 is 0 Å². The van der Waals surface area contributed by atoms with Crippen LogP contribution in [-0.2, 0) is 11.2 Å². The van der Waals surface area contributed by atoms with Crippen LogP contribution in [0.4, 0.5) is 0 Å². The summed E-state index contributed by atoms with van der Waals surface area (Å²) in [5.41, 5.74) is 2.74. The SMILES string of the molecule is CCC(=O)N1CCC[C@@H](Cc2cncc(-c3ncc(C)[nH]3)n2)C1. The Morgan fingerprint density at radius 2 is 2.26 bits per heavy atom. The highest BCUT2D eigenvalue weighted by atomic mass is 16.2. The molecule has 2 aromatic heterocycles. The van der Waals surface area contributed by atoms with Crippen molar-refractivity contribution in [1.29, 1.82) is 0 Å². The largest absolute Gasteiger partial charge is 0.342 e. The Morgan fingerprint density at radius 3 is 3.00 bits per heavy atom. The van der Waals surface area contributed by atoms with E-state index in [1.165, 1.54) is 0 Å². The van der Waals surface area contributed by atoms with Gasteiger partial charge in [0.1, 0.15) is 5.69 Å². The highest BCUT2D eigenvalue weighted by Gasteiger charge is 2.23. The first-order chi connectivity index (χ1) is 11.2. The fourth-order valence-electron chi connectivity index (χ4n) is 3.14. The predicted octanol–water partition coefficient (Wildman–Crippen LogP) is 2.37. The van der Waals surface area contributed by atoms with Crippen molar-refractivity contribution in [2.24, 2.45) is 5.92 Å². The lowest BCUT2D eigenvalue weighted by molar-refractivity contribution is -0.132. The second-order valence-corrected chi connectivity index (χ2v) is 6.22. The first-order valence-corrected chi connectivity index (χ1v) is 8.26. The molecule has 6 heteroatoms. The second kappa shape index (κ2) is 6.89. The molecule has 0 saturated carbocycles. The summed E-state index contributed by atoms with van der Waals surface area (Å²) in [5, 5.41) is 0. The topological polar surface area (TPSA) is 74.8 Å². The van der Waals surface area contributed by atoms with E-state index in [0.29, 0.717) is 12.3 Å². The van der Waals surface area contributed by atoms with Crippen LogP contribution in [0.5, 0.6) is 0 Å². The number of nitrogens with one attached hydrogen (secondary N) is 1. The van der Waals surface area contributed by atoms with Crippen LogP contribution < -0.4 is 0 Å². The number of amides is 1. The number of carbonyl (C=O) groups is 1. The zero-order valence-electron chi connectivity index (χ0n) is 13.7. The maximum Gasteiger partial charge on any atom is 0.222 e. The molecule has 23 heavy (non-hydrogen) atoms. The van der Waals surface area contributed by atoms with Crippen molar-refractivity contribution in [3.8, 4) is 11.5 Å². The summed E-state index contributed by atoms with van der Waals surface area (Å²) < 4.78 is 0. The number of aromatic nitrogens is 4. The minimum absolute atomic E-state index is 0.251. The summed E-state index contributed by atoms with van der Waals surface area (Å²) in [6.45, 7) is 5.61. The van der Waals surface area contributed by atoms with Gasteiger partial charge in [0.05, 0.1) is 11.9 Å². The molecule has 3 heterocycles. The molecule has 1 aliphatic rings. The molecular formula is C17H23N5O. The number of aromatic amines is 1. The Morgan fingerprint density at radius 1 is 1.39 bits per heavy atom. The summed E-state index contributed by atoms with van der Waals surface area (Å²) in [4.78, 5) is 30.4. The van der Waals surface area contributed by atoms with Crippen LogP contribution in [0.15, 0.2) is 18.6 Å². The average molecular weight is 313 g/mol. The molecule has 1 N–H and O–H groups in total. The van der Waals surface area contributed by atoms with Gasteiger partial charge < -0.3 is 9.88 Å². The van der Waals surface area contributed by atoms with Crippen molar-refractivity contribution >= 4 is 5.91 Å². The zero-order chi connectivity index (χ0) is 16.2. The van der Waals surface area contributed by atoms with E-state index in [1.807, 2.05) is 24.9 Å².